The van der Waals surface area contributed by atoms with Crippen LogP contribution in [0.2, 0.25) is 5.02 Å². The molecule has 124 valence electrons. The van der Waals surface area contributed by atoms with Crippen LogP contribution in [-0.4, -0.2) is 31.0 Å². The van der Waals surface area contributed by atoms with Crippen LogP contribution >= 0.6 is 23.4 Å². The molecule has 1 amide bonds. The number of halogens is 1. The van der Waals surface area contributed by atoms with Crippen molar-refractivity contribution in [3.63, 3.8) is 0 Å². The maximum atomic E-state index is 10.2. The number of thioether (sulfide) groups is 1. The summed E-state index contributed by atoms with van der Waals surface area (Å²) in [6.07, 6.45) is 2.65. The molecule has 3 aromatic rings. The Morgan fingerprint density at radius 1 is 1.33 bits per heavy atom. The van der Waals surface area contributed by atoms with Gasteiger partial charge in [0.2, 0.25) is 6.41 Å². The number of carbonyl (C=O) groups is 1. The van der Waals surface area contributed by atoms with Crippen molar-refractivity contribution >= 4 is 40.7 Å². The van der Waals surface area contributed by atoms with Crippen LogP contribution in [0.25, 0.3) is 22.2 Å². The van der Waals surface area contributed by atoms with Crippen molar-refractivity contribution < 1.29 is 14.1 Å². The van der Waals surface area contributed by atoms with Crippen molar-refractivity contribution in [1.82, 2.24) is 10.5 Å². The Hall–Kier alpha value is -2.18. The quantitative estimate of drug-likeness (QED) is 0.391. The molecular formula is C17H15ClN2O3S. The number of aromatic nitrogens is 1. The summed E-state index contributed by atoms with van der Waals surface area (Å²) in [5.74, 6) is 0.498. The van der Waals surface area contributed by atoms with E-state index in [1.54, 1.807) is 17.8 Å². The van der Waals surface area contributed by atoms with Gasteiger partial charge in [0.05, 0.1) is 11.9 Å². The zero-order valence-corrected chi connectivity index (χ0v) is 14.5. The summed E-state index contributed by atoms with van der Waals surface area (Å²) in [6, 6.07) is 11.7. The van der Waals surface area contributed by atoms with E-state index >= 15 is 0 Å². The molecule has 24 heavy (non-hydrogen) atoms. The van der Waals surface area contributed by atoms with E-state index in [0.717, 1.165) is 21.5 Å². The molecule has 0 aliphatic rings. The fourth-order valence-corrected chi connectivity index (χ4v) is 3.23. The van der Waals surface area contributed by atoms with Crippen LogP contribution in [0.15, 0.2) is 45.8 Å². The molecule has 0 bridgehead atoms. The summed E-state index contributed by atoms with van der Waals surface area (Å²) in [4.78, 5) is 11.3. The number of nitrogens with one attached hydrogen (secondary N) is 1. The van der Waals surface area contributed by atoms with Crippen molar-refractivity contribution in [3.05, 3.63) is 41.4 Å². The fraction of sp³-hybridized carbons (Fsp3) is 0.176. The predicted octanol–water partition coefficient (Wildman–Crippen LogP) is 3.99. The summed E-state index contributed by atoms with van der Waals surface area (Å²) >= 11 is 8.03. The molecule has 0 spiro atoms. The lowest BCUT2D eigenvalue weighted by atomic mass is 10.1. The Balaban J connectivity index is 1.96. The first-order valence-corrected chi connectivity index (χ1v) is 8.87. The average Bonchev–Trinajstić information content (AvgIpc) is 3.05. The number of hydrogen-bond donors (Lipinski definition) is 1. The molecule has 0 saturated heterocycles. The van der Waals surface area contributed by atoms with Crippen LogP contribution in [0.5, 0.6) is 5.75 Å². The van der Waals surface area contributed by atoms with Crippen molar-refractivity contribution in [1.29, 1.82) is 0 Å². The number of rotatable bonds is 7. The van der Waals surface area contributed by atoms with E-state index < -0.39 is 0 Å². The Labute approximate surface area is 148 Å². The third-order valence-corrected chi connectivity index (χ3v) is 4.65. The summed E-state index contributed by atoms with van der Waals surface area (Å²) in [5.41, 5.74) is 2.25. The first-order valence-electron chi connectivity index (χ1n) is 7.27. The van der Waals surface area contributed by atoms with Gasteiger partial charge >= 0.3 is 0 Å². The molecule has 0 fully saturated rings. The zero-order valence-electron chi connectivity index (χ0n) is 12.9. The standard InChI is InChI=1S/C17H15ClN2O3S/c1-24-14-5-3-2-4-11(14)16-12-6-7-13(22-9-8-19-10-21)15(18)17(12)23-20-16/h2-7,10H,8-9H2,1H3,(H,19,21). The molecule has 1 heterocycles. The summed E-state index contributed by atoms with van der Waals surface area (Å²) in [5, 5.41) is 7.93. The van der Waals surface area contributed by atoms with Crippen molar-refractivity contribution in [2.75, 3.05) is 19.4 Å². The van der Waals surface area contributed by atoms with Crippen LogP contribution in [-0.2, 0) is 4.79 Å². The molecule has 5 nitrogen and oxygen atoms in total. The largest absolute Gasteiger partial charge is 0.490 e. The first kappa shape index (κ1) is 16.7. The lowest BCUT2D eigenvalue weighted by Crippen LogP contribution is -2.19. The van der Waals surface area contributed by atoms with Crippen LogP contribution in [0.3, 0.4) is 0 Å². The summed E-state index contributed by atoms with van der Waals surface area (Å²) < 4.78 is 11.0. The minimum atomic E-state index is 0.320. The SMILES string of the molecule is CSc1ccccc1-c1noc2c(Cl)c(OCCNC=O)ccc12. The molecule has 2 aromatic carbocycles. The molecule has 1 N–H and O–H groups in total. The molecule has 0 radical (unpaired) electrons. The number of ether oxygens (including phenoxy) is 1. The van der Waals surface area contributed by atoms with Crippen LogP contribution < -0.4 is 10.1 Å². The smallest absolute Gasteiger partial charge is 0.207 e. The van der Waals surface area contributed by atoms with E-state index in [0.29, 0.717) is 35.9 Å². The van der Waals surface area contributed by atoms with Crippen molar-refractivity contribution in [3.8, 4) is 17.0 Å². The van der Waals surface area contributed by atoms with E-state index in [1.165, 1.54) is 0 Å². The first-order chi connectivity index (χ1) is 11.8. The highest BCUT2D eigenvalue weighted by Gasteiger charge is 2.18. The zero-order chi connectivity index (χ0) is 16.9. The maximum Gasteiger partial charge on any atom is 0.207 e. The number of amides is 1. The molecule has 3 rings (SSSR count). The van der Waals surface area contributed by atoms with Gasteiger partial charge in [0.25, 0.3) is 0 Å². The molecule has 1 aromatic heterocycles. The Kier molecular flexibility index (Phi) is 5.27. The van der Waals surface area contributed by atoms with E-state index in [-0.39, 0.29) is 0 Å². The number of nitrogens with zero attached hydrogens (tertiary/aromatic N) is 1. The van der Waals surface area contributed by atoms with Gasteiger partial charge in [0.15, 0.2) is 5.58 Å². The molecule has 7 heteroatoms. The maximum absolute atomic E-state index is 10.2. The van der Waals surface area contributed by atoms with E-state index in [1.807, 2.05) is 36.6 Å². The monoisotopic (exact) mass is 362 g/mol. The van der Waals surface area contributed by atoms with Crippen LogP contribution in [0.1, 0.15) is 0 Å². The summed E-state index contributed by atoms with van der Waals surface area (Å²) in [7, 11) is 0. The second-order valence-electron chi connectivity index (χ2n) is 4.91. The highest BCUT2D eigenvalue weighted by Crippen LogP contribution is 2.39. The van der Waals surface area contributed by atoms with Gasteiger partial charge < -0.3 is 14.6 Å². The lowest BCUT2D eigenvalue weighted by Gasteiger charge is -2.08. The highest BCUT2D eigenvalue weighted by atomic mass is 35.5. The van der Waals surface area contributed by atoms with Gasteiger partial charge in [-0.05, 0) is 24.5 Å². The number of benzene rings is 2. The number of fused-ring (bicyclic) bond motifs is 1. The van der Waals surface area contributed by atoms with Gasteiger partial charge in [-0.15, -0.1) is 11.8 Å². The Bertz CT molecular complexity index is 866. The van der Waals surface area contributed by atoms with Crippen molar-refractivity contribution in [2.24, 2.45) is 0 Å². The minimum absolute atomic E-state index is 0.320. The van der Waals surface area contributed by atoms with E-state index in [4.69, 9.17) is 20.9 Å². The molecule has 0 unspecified atom stereocenters. The van der Waals surface area contributed by atoms with Gasteiger partial charge in [-0.25, -0.2) is 0 Å². The van der Waals surface area contributed by atoms with Crippen molar-refractivity contribution in [2.45, 2.75) is 4.90 Å². The highest BCUT2D eigenvalue weighted by molar-refractivity contribution is 7.98. The second kappa shape index (κ2) is 7.59. The molecular weight excluding hydrogens is 348 g/mol. The van der Waals surface area contributed by atoms with E-state index in [9.17, 15) is 4.79 Å². The number of carbonyl (C=O) groups excluding carboxylic acids is 1. The molecule has 0 aliphatic carbocycles. The molecule has 0 aliphatic heterocycles. The second-order valence-corrected chi connectivity index (χ2v) is 6.13. The van der Waals surface area contributed by atoms with Gasteiger partial charge in [0, 0.05) is 10.5 Å². The minimum Gasteiger partial charge on any atom is -0.490 e. The van der Waals surface area contributed by atoms with Crippen LogP contribution in [0.4, 0.5) is 0 Å². The van der Waals surface area contributed by atoms with Gasteiger partial charge in [-0.3, -0.25) is 4.79 Å². The third-order valence-electron chi connectivity index (χ3n) is 3.49. The van der Waals surface area contributed by atoms with Crippen LogP contribution in [0, 0.1) is 0 Å². The Morgan fingerprint density at radius 3 is 2.96 bits per heavy atom. The number of hydrogen-bond acceptors (Lipinski definition) is 5. The average molecular weight is 363 g/mol. The normalized spacial score (nSPS) is 10.8. The summed E-state index contributed by atoms with van der Waals surface area (Å²) in [6.45, 7) is 0.723. The molecule has 0 atom stereocenters. The Morgan fingerprint density at radius 2 is 2.17 bits per heavy atom. The topological polar surface area (TPSA) is 64.4 Å². The fourth-order valence-electron chi connectivity index (χ4n) is 2.38. The van der Waals surface area contributed by atoms with E-state index in [2.05, 4.69) is 10.5 Å². The van der Waals surface area contributed by atoms with Gasteiger partial charge in [0.1, 0.15) is 23.1 Å². The van der Waals surface area contributed by atoms with Gasteiger partial charge in [-0.2, -0.15) is 0 Å². The predicted molar refractivity (Wildman–Crippen MR) is 95.8 cm³/mol. The molecule has 0 saturated carbocycles. The van der Waals surface area contributed by atoms with Gasteiger partial charge in [-0.1, -0.05) is 35.0 Å². The lowest BCUT2D eigenvalue weighted by molar-refractivity contribution is -0.109. The third kappa shape index (κ3) is 3.20.